The zero-order chi connectivity index (χ0) is 13.9. The summed E-state index contributed by atoms with van der Waals surface area (Å²) in [5, 5.41) is 4.14. The molecule has 2 aromatic heterocycles. The van der Waals surface area contributed by atoms with Crippen LogP contribution in [0.25, 0.3) is 11.6 Å². The van der Waals surface area contributed by atoms with Crippen molar-refractivity contribution in [1.82, 2.24) is 19.7 Å². The second kappa shape index (κ2) is 5.75. The molecule has 1 fully saturated rings. The first-order valence-electron chi connectivity index (χ1n) is 7.36. The lowest BCUT2D eigenvalue weighted by Crippen LogP contribution is -2.07. The van der Waals surface area contributed by atoms with Crippen molar-refractivity contribution in [3.8, 4) is 11.6 Å². The van der Waals surface area contributed by atoms with Crippen molar-refractivity contribution >= 4 is 0 Å². The fourth-order valence-corrected chi connectivity index (χ4v) is 2.93. The molecule has 2 aromatic rings. The van der Waals surface area contributed by atoms with E-state index < -0.39 is 0 Å². The van der Waals surface area contributed by atoms with E-state index in [-0.39, 0.29) is 0 Å². The molecule has 2 unspecified atom stereocenters. The molecule has 20 heavy (non-hydrogen) atoms. The molecule has 1 aliphatic rings. The van der Waals surface area contributed by atoms with Gasteiger partial charge in [0.1, 0.15) is 5.69 Å². The van der Waals surface area contributed by atoms with E-state index in [1.807, 2.05) is 10.8 Å². The summed E-state index contributed by atoms with van der Waals surface area (Å²) in [6, 6.07) is 0. The maximum atomic E-state index is 5.52. The van der Waals surface area contributed by atoms with Crippen LogP contribution in [0.5, 0.6) is 0 Å². The summed E-state index contributed by atoms with van der Waals surface area (Å²) in [6.45, 7) is 3.58. The van der Waals surface area contributed by atoms with Crippen LogP contribution in [-0.2, 0) is 6.54 Å². The summed E-state index contributed by atoms with van der Waals surface area (Å²) in [6.07, 6.45) is 8.50. The highest BCUT2D eigenvalue weighted by atomic mass is 16.5. The average Bonchev–Trinajstić information content (AvgIpc) is 3.18. The third-order valence-corrected chi connectivity index (χ3v) is 4.17. The van der Waals surface area contributed by atoms with E-state index in [1.54, 1.807) is 6.33 Å². The average molecular weight is 275 g/mol. The fraction of sp³-hybridized carbons (Fsp3) is 0.643. The lowest BCUT2D eigenvalue weighted by molar-refractivity contribution is 0.412. The topological polar surface area (TPSA) is 82.8 Å². The number of aromatic nitrogens is 4. The summed E-state index contributed by atoms with van der Waals surface area (Å²) < 4.78 is 7.29. The smallest absolute Gasteiger partial charge is 0.278 e. The second-order valence-electron chi connectivity index (χ2n) is 5.53. The minimum atomic E-state index is 0.448. The van der Waals surface area contributed by atoms with E-state index in [4.69, 9.17) is 10.3 Å². The van der Waals surface area contributed by atoms with Crippen molar-refractivity contribution < 1.29 is 4.52 Å². The van der Waals surface area contributed by atoms with Crippen LogP contribution in [0.3, 0.4) is 0 Å². The molecule has 0 spiro atoms. The third kappa shape index (κ3) is 2.60. The predicted molar refractivity (Wildman–Crippen MR) is 74.9 cm³/mol. The van der Waals surface area contributed by atoms with Gasteiger partial charge in [-0.1, -0.05) is 18.5 Å². The van der Waals surface area contributed by atoms with E-state index in [0.29, 0.717) is 18.4 Å². The van der Waals surface area contributed by atoms with Crippen molar-refractivity contribution in [1.29, 1.82) is 0 Å². The summed E-state index contributed by atoms with van der Waals surface area (Å²) >= 11 is 0. The molecular weight excluding hydrogens is 254 g/mol. The van der Waals surface area contributed by atoms with Gasteiger partial charge in [0.05, 0.1) is 6.33 Å². The number of nitrogens with zero attached hydrogens (tertiary/aromatic N) is 4. The van der Waals surface area contributed by atoms with E-state index in [1.165, 1.54) is 25.7 Å². The Morgan fingerprint density at radius 2 is 2.35 bits per heavy atom. The summed E-state index contributed by atoms with van der Waals surface area (Å²) in [7, 11) is 0. The Kier molecular flexibility index (Phi) is 3.82. The first-order chi connectivity index (χ1) is 9.80. The molecule has 0 saturated heterocycles. The summed E-state index contributed by atoms with van der Waals surface area (Å²) in [4.78, 5) is 8.81. The van der Waals surface area contributed by atoms with Gasteiger partial charge in [-0.15, -0.1) is 0 Å². The SMILES string of the molecule is CCC1CCC(c2noc(-c3cn(CCN)cn3)n2)C1. The molecule has 1 aliphatic carbocycles. The Labute approximate surface area is 118 Å². The molecule has 2 heterocycles. The molecule has 0 bridgehead atoms. The zero-order valence-corrected chi connectivity index (χ0v) is 11.8. The molecule has 2 N–H and O–H groups in total. The molecule has 0 amide bonds. The molecule has 108 valence electrons. The van der Waals surface area contributed by atoms with Crippen LogP contribution >= 0.6 is 0 Å². The molecule has 0 aromatic carbocycles. The molecular formula is C14H21N5O. The van der Waals surface area contributed by atoms with Gasteiger partial charge in [0.15, 0.2) is 5.82 Å². The highest BCUT2D eigenvalue weighted by Crippen LogP contribution is 2.38. The van der Waals surface area contributed by atoms with Gasteiger partial charge in [-0.2, -0.15) is 4.98 Å². The molecule has 1 saturated carbocycles. The van der Waals surface area contributed by atoms with Gasteiger partial charge < -0.3 is 14.8 Å². The fourth-order valence-electron chi connectivity index (χ4n) is 2.93. The van der Waals surface area contributed by atoms with Gasteiger partial charge in [-0.25, -0.2) is 4.98 Å². The Balaban J connectivity index is 1.73. The monoisotopic (exact) mass is 275 g/mol. The summed E-state index contributed by atoms with van der Waals surface area (Å²) in [5.74, 6) is 2.61. The Bertz CT molecular complexity index is 561. The van der Waals surface area contributed by atoms with Gasteiger partial charge in [0, 0.05) is 25.2 Å². The molecule has 0 radical (unpaired) electrons. The van der Waals surface area contributed by atoms with Gasteiger partial charge >= 0.3 is 0 Å². The Morgan fingerprint density at radius 3 is 3.10 bits per heavy atom. The van der Waals surface area contributed by atoms with E-state index in [2.05, 4.69) is 22.0 Å². The van der Waals surface area contributed by atoms with Crippen molar-refractivity contribution in [2.45, 2.75) is 45.1 Å². The highest BCUT2D eigenvalue weighted by Gasteiger charge is 2.28. The van der Waals surface area contributed by atoms with Crippen LogP contribution in [0.1, 0.15) is 44.3 Å². The molecule has 3 rings (SSSR count). The molecule has 0 aliphatic heterocycles. The number of imidazole rings is 1. The standard InChI is InChI=1S/C14H21N5O/c1-2-10-3-4-11(7-10)13-17-14(20-18-13)12-8-19(6-5-15)9-16-12/h8-11H,2-7,15H2,1H3. The zero-order valence-electron chi connectivity index (χ0n) is 11.8. The minimum Gasteiger partial charge on any atom is -0.335 e. The minimum absolute atomic E-state index is 0.448. The van der Waals surface area contributed by atoms with Crippen LogP contribution in [0, 0.1) is 5.92 Å². The largest absolute Gasteiger partial charge is 0.335 e. The number of rotatable bonds is 5. The van der Waals surface area contributed by atoms with Gasteiger partial charge in [0.25, 0.3) is 5.89 Å². The van der Waals surface area contributed by atoms with Gasteiger partial charge in [-0.3, -0.25) is 0 Å². The highest BCUT2D eigenvalue weighted by molar-refractivity contribution is 5.44. The van der Waals surface area contributed by atoms with Crippen molar-refractivity contribution in [3.63, 3.8) is 0 Å². The van der Waals surface area contributed by atoms with Crippen LogP contribution in [-0.4, -0.2) is 26.2 Å². The lowest BCUT2D eigenvalue weighted by atomic mass is 10.0. The van der Waals surface area contributed by atoms with Crippen LogP contribution in [0.2, 0.25) is 0 Å². The van der Waals surface area contributed by atoms with Crippen LogP contribution < -0.4 is 5.73 Å². The molecule has 2 atom stereocenters. The van der Waals surface area contributed by atoms with Crippen molar-refractivity contribution in [3.05, 3.63) is 18.3 Å². The van der Waals surface area contributed by atoms with E-state index >= 15 is 0 Å². The summed E-state index contributed by atoms with van der Waals surface area (Å²) in [5.41, 5.74) is 6.25. The van der Waals surface area contributed by atoms with Crippen molar-refractivity contribution in [2.24, 2.45) is 11.7 Å². The quantitative estimate of drug-likeness (QED) is 0.904. The maximum Gasteiger partial charge on any atom is 0.278 e. The van der Waals surface area contributed by atoms with E-state index in [0.717, 1.165) is 24.0 Å². The first-order valence-corrected chi connectivity index (χ1v) is 7.36. The van der Waals surface area contributed by atoms with Crippen LogP contribution in [0.15, 0.2) is 17.0 Å². The number of nitrogens with two attached hydrogens (primary N) is 1. The van der Waals surface area contributed by atoms with E-state index in [9.17, 15) is 0 Å². The first kappa shape index (κ1) is 13.3. The number of hydrogen-bond donors (Lipinski definition) is 1. The van der Waals surface area contributed by atoms with Gasteiger partial charge in [-0.05, 0) is 25.2 Å². The second-order valence-corrected chi connectivity index (χ2v) is 5.53. The third-order valence-electron chi connectivity index (χ3n) is 4.17. The Morgan fingerprint density at radius 1 is 1.45 bits per heavy atom. The Hall–Kier alpha value is -1.69. The lowest BCUT2D eigenvalue weighted by Gasteiger charge is -2.04. The maximum absolute atomic E-state index is 5.52. The number of hydrogen-bond acceptors (Lipinski definition) is 5. The predicted octanol–water partition coefficient (Wildman–Crippen LogP) is 2.19. The van der Waals surface area contributed by atoms with Gasteiger partial charge in [0.2, 0.25) is 0 Å². The normalized spacial score (nSPS) is 22.5. The van der Waals surface area contributed by atoms with Crippen LogP contribution in [0.4, 0.5) is 0 Å². The molecule has 6 heteroatoms. The van der Waals surface area contributed by atoms with Crippen molar-refractivity contribution in [2.75, 3.05) is 6.54 Å². The molecule has 6 nitrogen and oxygen atoms in total.